The number of nitrogens with one attached hydrogen (secondary N) is 1. The van der Waals surface area contributed by atoms with Crippen molar-refractivity contribution in [1.29, 1.82) is 5.26 Å². The number of ether oxygens (including phenoxy) is 2. The van der Waals surface area contributed by atoms with Crippen LogP contribution in [0, 0.1) is 11.3 Å². The van der Waals surface area contributed by atoms with Gasteiger partial charge in [-0.05, 0) is 47.5 Å². The summed E-state index contributed by atoms with van der Waals surface area (Å²) in [6.07, 6.45) is 1.25. The van der Waals surface area contributed by atoms with Gasteiger partial charge in [0.25, 0.3) is 5.91 Å². The average molecular weight is 351 g/mol. The Balaban J connectivity index is 1.85. The fourth-order valence-corrected chi connectivity index (χ4v) is 1.96. The van der Waals surface area contributed by atoms with E-state index in [1.807, 2.05) is 0 Å². The Kier molecular flexibility index (Phi) is 6.89. The average Bonchev–Trinajstić information content (AvgIpc) is 2.67. The molecule has 0 radical (unpaired) electrons. The van der Waals surface area contributed by atoms with Crippen LogP contribution in [0.15, 0.2) is 53.6 Å². The maximum Gasteiger partial charge on any atom is 0.337 e. The van der Waals surface area contributed by atoms with Crippen molar-refractivity contribution in [3.8, 4) is 11.8 Å². The number of esters is 1. The van der Waals surface area contributed by atoms with Gasteiger partial charge in [0.2, 0.25) is 0 Å². The molecule has 0 spiro atoms. The number of amides is 1. The van der Waals surface area contributed by atoms with Gasteiger partial charge in [-0.3, -0.25) is 4.79 Å². The number of nitriles is 1. The van der Waals surface area contributed by atoms with Gasteiger partial charge in [-0.1, -0.05) is 12.1 Å². The number of hydrogen-bond acceptors (Lipinski definition) is 6. The summed E-state index contributed by atoms with van der Waals surface area (Å²) in [6.45, 7) is 0.360. The monoisotopic (exact) mass is 351 g/mol. The van der Waals surface area contributed by atoms with Crippen LogP contribution in [0.3, 0.4) is 0 Å². The van der Waals surface area contributed by atoms with Gasteiger partial charge in [0, 0.05) is 0 Å². The van der Waals surface area contributed by atoms with Crippen LogP contribution >= 0.6 is 0 Å². The van der Waals surface area contributed by atoms with E-state index in [0.29, 0.717) is 17.9 Å². The molecule has 0 aliphatic carbocycles. The van der Waals surface area contributed by atoms with Gasteiger partial charge in [-0.2, -0.15) is 10.4 Å². The van der Waals surface area contributed by atoms with Crippen molar-refractivity contribution < 1.29 is 19.1 Å². The summed E-state index contributed by atoms with van der Waals surface area (Å²) < 4.78 is 10.3. The molecule has 0 unspecified atom stereocenters. The summed E-state index contributed by atoms with van der Waals surface area (Å²) in [5, 5.41) is 12.1. The van der Waals surface area contributed by atoms with E-state index >= 15 is 0 Å². The van der Waals surface area contributed by atoms with Crippen molar-refractivity contribution >= 4 is 18.1 Å². The predicted molar refractivity (Wildman–Crippen MR) is 94.5 cm³/mol. The lowest BCUT2D eigenvalue weighted by atomic mass is 10.1. The normalized spacial score (nSPS) is 10.2. The molecule has 0 aliphatic rings. The fraction of sp³-hybridized carbons (Fsp3) is 0.158. The summed E-state index contributed by atoms with van der Waals surface area (Å²) in [5.41, 5.74) is 4.44. The molecule has 2 aromatic carbocycles. The van der Waals surface area contributed by atoms with Crippen molar-refractivity contribution in [3.63, 3.8) is 0 Å². The molecule has 0 atom stereocenters. The van der Waals surface area contributed by atoms with E-state index in [4.69, 9.17) is 10.00 Å². The van der Waals surface area contributed by atoms with E-state index in [0.717, 1.165) is 11.1 Å². The zero-order chi connectivity index (χ0) is 18.8. The van der Waals surface area contributed by atoms with Crippen LogP contribution in [0.2, 0.25) is 0 Å². The molecule has 2 aromatic rings. The molecule has 0 bridgehead atoms. The third-order valence-corrected chi connectivity index (χ3v) is 3.30. The van der Waals surface area contributed by atoms with Crippen LogP contribution in [0.25, 0.3) is 0 Å². The molecule has 0 saturated heterocycles. The molecule has 132 valence electrons. The minimum Gasteiger partial charge on any atom is -0.489 e. The van der Waals surface area contributed by atoms with Crippen molar-refractivity contribution in [1.82, 2.24) is 5.43 Å². The van der Waals surface area contributed by atoms with Crippen LogP contribution in [0.1, 0.15) is 27.9 Å². The molecule has 0 saturated carbocycles. The number of hydrogen-bond donors (Lipinski definition) is 1. The first kappa shape index (κ1) is 18.7. The summed E-state index contributed by atoms with van der Waals surface area (Å²) in [4.78, 5) is 22.5. The number of hydrazone groups is 1. The van der Waals surface area contributed by atoms with Crippen LogP contribution in [-0.4, -0.2) is 25.2 Å². The molecule has 26 heavy (non-hydrogen) atoms. The van der Waals surface area contributed by atoms with Gasteiger partial charge < -0.3 is 9.47 Å². The van der Waals surface area contributed by atoms with Crippen LogP contribution in [0.5, 0.6) is 5.75 Å². The molecule has 0 aromatic heterocycles. The van der Waals surface area contributed by atoms with Crippen molar-refractivity contribution in [2.45, 2.75) is 13.0 Å². The zero-order valence-electron chi connectivity index (χ0n) is 14.1. The van der Waals surface area contributed by atoms with Gasteiger partial charge in [0.05, 0.1) is 25.0 Å². The first-order chi connectivity index (χ1) is 12.6. The zero-order valence-corrected chi connectivity index (χ0v) is 14.1. The summed E-state index contributed by atoms with van der Waals surface area (Å²) in [6, 6.07) is 15.8. The Morgan fingerprint density at radius 1 is 1.15 bits per heavy atom. The quantitative estimate of drug-likeness (QED) is 0.469. The lowest BCUT2D eigenvalue weighted by Gasteiger charge is -2.07. The van der Waals surface area contributed by atoms with Gasteiger partial charge in [0.1, 0.15) is 18.8 Å². The number of carbonyl (C=O) groups is 2. The smallest absolute Gasteiger partial charge is 0.337 e. The maximum absolute atomic E-state index is 11.4. The van der Waals surface area contributed by atoms with E-state index in [-0.39, 0.29) is 12.4 Å². The highest BCUT2D eigenvalue weighted by Gasteiger charge is 2.04. The van der Waals surface area contributed by atoms with Gasteiger partial charge in [-0.15, -0.1) is 0 Å². The molecule has 2 rings (SSSR count). The summed E-state index contributed by atoms with van der Waals surface area (Å²) >= 11 is 0. The number of methoxy groups -OCH3 is 1. The first-order valence-corrected chi connectivity index (χ1v) is 7.71. The predicted octanol–water partition coefficient (Wildman–Crippen LogP) is 2.42. The minimum absolute atomic E-state index is 0.231. The second kappa shape index (κ2) is 9.59. The molecular formula is C19H17N3O4. The van der Waals surface area contributed by atoms with E-state index in [1.54, 1.807) is 54.6 Å². The highest BCUT2D eigenvalue weighted by Crippen LogP contribution is 2.14. The Labute approximate surface area is 150 Å². The largest absolute Gasteiger partial charge is 0.489 e. The topological polar surface area (TPSA) is 101 Å². The molecule has 1 N–H and O–H groups in total. The van der Waals surface area contributed by atoms with E-state index < -0.39 is 5.91 Å². The number of carbonyl (C=O) groups excluding carboxylic acids is 2. The van der Waals surface area contributed by atoms with Crippen molar-refractivity contribution in [2.24, 2.45) is 5.10 Å². The molecule has 0 aliphatic heterocycles. The Morgan fingerprint density at radius 3 is 2.46 bits per heavy atom. The molecule has 0 heterocycles. The number of benzene rings is 2. The molecule has 1 amide bonds. The number of rotatable bonds is 7. The van der Waals surface area contributed by atoms with E-state index in [1.165, 1.54) is 13.3 Å². The summed E-state index contributed by atoms with van der Waals surface area (Å²) in [5.74, 6) is -0.159. The SMILES string of the molecule is COC(=O)c1ccc(COc2ccc(/C=N\NC(=O)CC#N)cc2)cc1. The van der Waals surface area contributed by atoms with Crippen molar-refractivity contribution in [3.05, 3.63) is 65.2 Å². The Morgan fingerprint density at radius 2 is 1.85 bits per heavy atom. The molecule has 0 fully saturated rings. The van der Waals surface area contributed by atoms with Crippen molar-refractivity contribution in [2.75, 3.05) is 7.11 Å². The van der Waals surface area contributed by atoms with Gasteiger partial charge in [0.15, 0.2) is 0 Å². The number of nitrogens with zero attached hydrogens (tertiary/aromatic N) is 2. The third-order valence-electron chi connectivity index (χ3n) is 3.30. The summed E-state index contributed by atoms with van der Waals surface area (Å²) in [7, 11) is 1.34. The van der Waals surface area contributed by atoms with E-state index in [9.17, 15) is 9.59 Å². The minimum atomic E-state index is -0.457. The van der Waals surface area contributed by atoms with Crippen LogP contribution in [0.4, 0.5) is 0 Å². The molecule has 7 heteroatoms. The van der Waals surface area contributed by atoms with Gasteiger partial charge >= 0.3 is 5.97 Å². The fourth-order valence-electron chi connectivity index (χ4n) is 1.96. The second-order valence-electron chi connectivity index (χ2n) is 5.17. The lowest BCUT2D eigenvalue weighted by molar-refractivity contribution is -0.120. The first-order valence-electron chi connectivity index (χ1n) is 7.71. The Hall–Kier alpha value is -3.66. The standard InChI is InChI=1S/C19H17N3O4/c1-25-19(24)16-6-2-15(3-7-16)13-26-17-8-4-14(5-9-17)12-21-22-18(23)10-11-20/h2-9,12H,10,13H2,1H3,(H,22,23)/b21-12-. The Bertz CT molecular complexity index is 821. The van der Waals surface area contributed by atoms with E-state index in [2.05, 4.69) is 15.3 Å². The lowest BCUT2D eigenvalue weighted by Crippen LogP contribution is -2.16. The van der Waals surface area contributed by atoms with Gasteiger partial charge in [-0.25, -0.2) is 10.2 Å². The maximum atomic E-state index is 11.4. The van der Waals surface area contributed by atoms with Crippen LogP contribution in [-0.2, 0) is 16.1 Å². The second-order valence-corrected chi connectivity index (χ2v) is 5.17. The highest BCUT2D eigenvalue weighted by atomic mass is 16.5. The molecule has 7 nitrogen and oxygen atoms in total. The van der Waals surface area contributed by atoms with Crippen LogP contribution < -0.4 is 10.2 Å². The highest BCUT2D eigenvalue weighted by molar-refractivity contribution is 5.89. The molecular weight excluding hydrogens is 334 g/mol. The third kappa shape index (κ3) is 5.76.